The second-order valence-electron chi connectivity index (χ2n) is 6.38. The maximum atomic E-state index is 6.09. The summed E-state index contributed by atoms with van der Waals surface area (Å²) in [5.74, 6) is 2.69. The lowest BCUT2D eigenvalue weighted by Crippen LogP contribution is -2.21. The summed E-state index contributed by atoms with van der Waals surface area (Å²) in [7, 11) is 0. The van der Waals surface area contributed by atoms with Gasteiger partial charge in [0.2, 0.25) is 0 Å². The zero-order valence-electron chi connectivity index (χ0n) is 13.1. The highest BCUT2D eigenvalue weighted by Crippen LogP contribution is 2.30. The lowest BCUT2D eigenvalue weighted by molar-refractivity contribution is 0.178. The zero-order valence-corrected chi connectivity index (χ0v) is 13.1. The van der Waals surface area contributed by atoms with Crippen LogP contribution in [0.15, 0.2) is 18.2 Å². The summed E-state index contributed by atoms with van der Waals surface area (Å²) in [6, 6.07) is 7.00. The van der Waals surface area contributed by atoms with E-state index >= 15 is 0 Å². The van der Waals surface area contributed by atoms with Crippen LogP contribution in [0.5, 0.6) is 11.5 Å². The summed E-state index contributed by atoms with van der Waals surface area (Å²) in [5.41, 5.74) is 1.25. The summed E-state index contributed by atoms with van der Waals surface area (Å²) in [4.78, 5) is 0. The standard InChI is InChI=1S/C18H27NO2/c1-2-10-20-17-9-6-15(12-19-16-7-8-16)18(11-17)21-13-14-4-3-5-14/h6,9,11,14,16,19H,2-5,7-8,10,12-13H2,1H3. The highest BCUT2D eigenvalue weighted by Gasteiger charge is 2.22. The highest BCUT2D eigenvalue weighted by molar-refractivity contribution is 5.41. The molecular formula is C18H27NO2. The minimum Gasteiger partial charge on any atom is -0.493 e. The van der Waals surface area contributed by atoms with Crippen molar-refractivity contribution in [2.75, 3.05) is 13.2 Å². The molecule has 0 saturated heterocycles. The van der Waals surface area contributed by atoms with Crippen molar-refractivity contribution in [3.8, 4) is 11.5 Å². The molecule has 21 heavy (non-hydrogen) atoms. The number of rotatable bonds is 9. The van der Waals surface area contributed by atoms with E-state index in [4.69, 9.17) is 9.47 Å². The second-order valence-corrected chi connectivity index (χ2v) is 6.38. The first kappa shape index (κ1) is 14.7. The van der Waals surface area contributed by atoms with Gasteiger partial charge in [-0.25, -0.2) is 0 Å². The zero-order chi connectivity index (χ0) is 14.5. The predicted octanol–water partition coefficient (Wildman–Crippen LogP) is 3.91. The molecule has 116 valence electrons. The van der Waals surface area contributed by atoms with E-state index < -0.39 is 0 Å². The van der Waals surface area contributed by atoms with Gasteiger partial charge in [0, 0.05) is 24.2 Å². The fourth-order valence-corrected chi connectivity index (χ4v) is 2.53. The number of benzene rings is 1. The van der Waals surface area contributed by atoms with Crippen LogP contribution in [0.2, 0.25) is 0 Å². The van der Waals surface area contributed by atoms with Crippen molar-refractivity contribution in [2.45, 2.75) is 58.0 Å². The summed E-state index contributed by atoms with van der Waals surface area (Å²) >= 11 is 0. The predicted molar refractivity (Wildman–Crippen MR) is 84.9 cm³/mol. The molecule has 0 heterocycles. The van der Waals surface area contributed by atoms with Gasteiger partial charge in [0.15, 0.2) is 0 Å². The largest absolute Gasteiger partial charge is 0.493 e. The molecule has 0 aliphatic heterocycles. The Morgan fingerprint density at radius 3 is 2.67 bits per heavy atom. The fraction of sp³-hybridized carbons (Fsp3) is 0.667. The van der Waals surface area contributed by atoms with Crippen LogP contribution in [0.4, 0.5) is 0 Å². The Labute approximate surface area is 128 Å². The fourth-order valence-electron chi connectivity index (χ4n) is 2.53. The van der Waals surface area contributed by atoms with Crippen molar-refractivity contribution in [2.24, 2.45) is 5.92 Å². The number of hydrogen-bond donors (Lipinski definition) is 1. The monoisotopic (exact) mass is 289 g/mol. The Balaban J connectivity index is 1.62. The Morgan fingerprint density at radius 1 is 1.14 bits per heavy atom. The van der Waals surface area contributed by atoms with Crippen molar-refractivity contribution in [3.63, 3.8) is 0 Å². The quantitative estimate of drug-likeness (QED) is 0.747. The van der Waals surface area contributed by atoms with Crippen molar-refractivity contribution in [1.82, 2.24) is 5.32 Å². The van der Waals surface area contributed by atoms with E-state index in [1.54, 1.807) is 0 Å². The number of ether oxygens (including phenoxy) is 2. The van der Waals surface area contributed by atoms with Crippen molar-refractivity contribution < 1.29 is 9.47 Å². The lowest BCUT2D eigenvalue weighted by Gasteiger charge is -2.26. The second kappa shape index (κ2) is 7.17. The van der Waals surface area contributed by atoms with E-state index in [0.29, 0.717) is 0 Å². The molecule has 3 nitrogen and oxygen atoms in total. The van der Waals surface area contributed by atoms with E-state index in [1.807, 2.05) is 0 Å². The molecule has 0 aromatic heterocycles. The van der Waals surface area contributed by atoms with E-state index in [9.17, 15) is 0 Å². The SMILES string of the molecule is CCCOc1ccc(CNC2CC2)c(OCC2CCC2)c1. The molecule has 2 saturated carbocycles. The van der Waals surface area contributed by atoms with E-state index in [2.05, 4.69) is 30.4 Å². The molecule has 3 heteroatoms. The van der Waals surface area contributed by atoms with Gasteiger partial charge in [0.25, 0.3) is 0 Å². The van der Waals surface area contributed by atoms with E-state index in [1.165, 1.54) is 37.7 Å². The molecule has 0 spiro atoms. The van der Waals surface area contributed by atoms with Crippen molar-refractivity contribution in [1.29, 1.82) is 0 Å². The van der Waals surface area contributed by atoms with E-state index in [-0.39, 0.29) is 0 Å². The first-order valence-electron chi connectivity index (χ1n) is 8.47. The van der Waals surface area contributed by atoms with Gasteiger partial charge in [0.05, 0.1) is 13.2 Å². The molecule has 2 fully saturated rings. The molecule has 1 N–H and O–H groups in total. The Kier molecular flexibility index (Phi) is 5.02. The summed E-state index contributed by atoms with van der Waals surface area (Å²) in [6.45, 7) is 4.65. The molecule has 0 radical (unpaired) electrons. The minimum absolute atomic E-state index is 0.723. The topological polar surface area (TPSA) is 30.5 Å². The van der Waals surface area contributed by atoms with Crippen LogP contribution < -0.4 is 14.8 Å². The van der Waals surface area contributed by atoms with E-state index in [0.717, 1.165) is 49.6 Å². The Bertz CT molecular complexity index is 453. The summed E-state index contributed by atoms with van der Waals surface area (Å²) < 4.78 is 11.8. The molecular weight excluding hydrogens is 262 g/mol. The summed E-state index contributed by atoms with van der Waals surface area (Å²) in [6.07, 6.45) is 7.67. The lowest BCUT2D eigenvalue weighted by atomic mass is 9.86. The molecule has 0 atom stereocenters. The third-order valence-electron chi connectivity index (χ3n) is 4.37. The first-order chi connectivity index (χ1) is 10.3. The van der Waals surface area contributed by atoms with Crippen LogP contribution in [0.3, 0.4) is 0 Å². The normalized spacial score (nSPS) is 18.3. The number of nitrogens with one attached hydrogen (secondary N) is 1. The van der Waals surface area contributed by atoms with Gasteiger partial charge in [-0.3, -0.25) is 0 Å². The van der Waals surface area contributed by atoms with Gasteiger partial charge in [-0.05, 0) is 44.1 Å². The highest BCUT2D eigenvalue weighted by atomic mass is 16.5. The van der Waals surface area contributed by atoms with Crippen LogP contribution >= 0.6 is 0 Å². The van der Waals surface area contributed by atoms with Crippen LogP contribution in [-0.2, 0) is 6.54 Å². The van der Waals surface area contributed by atoms with Crippen LogP contribution in [-0.4, -0.2) is 19.3 Å². The van der Waals surface area contributed by atoms with Gasteiger partial charge >= 0.3 is 0 Å². The molecule has 2 aliphatic carbocycles. The van der Waals surface area contributed by atoms with Crippen molar-refractivity contribution in [3.05, 3.63) is 23.8 Å². The van der Waals surface area contributed by atoms with Crippen LogP contribution in [0, 0.1) is 5.92 Å². The van der Waals surface area contributed by atoms with Crippen molar-refractivity contribution >= 4 is 0 Å². The molecule has 0 amide bonds. The third kappa shape index (κ3) is 4.37. The molecule has 1 aromatic rings. The molecule has 3 rings (SSSR count). The smallest absolute Gasteiger partial charge is 0.127 e. The maximum Gasteiger partial charge on any atom is 0.127 e. The van der Waals surface area contributed by atoms with Crippen LogP contribution in [0.1, 0.15) is 51.0 Å². The van der Waals surface area contributed by atoms with Crippen LogP contribution in [0.25, 0.3) is 0 Å². The average Bonchev–Trinajstić information content (AvgIpc) is 3.26. The third-order valence-corrected chi connectivity index (χ3v) is 4.37. The maximum absolute atomic E-state index is 6.09. The van der Waals surface area contributed by atoms with Gasteiger partial charge in [-0.1, -0.05) is 19.4 Å². The number of hydrogen-bond acceptors (Lipinski definition) is 3. The molecule has 0 bridgehead atoms. The van der Waals surface area contributed by atoms with Gasteiger partial charge in [-0.2, -0.15) is 0 Å². The molecule has 2 aliphatic rings. The van der Waals surface area contributed by atoms with Gasteiger partial charge in [0.1, 0.15) is 11.5 Å². The Hall–Kier alpha value is -1.22. The van der Waals surface area contributed by atoms with Gasteiger partial charge in [-0.15, -0.1) is 0 Å². The molecule has 0 unspecified atom stereocenters. The average molecular weight is 289 g/mol. The Morgan fingerprint density at radius 2 is 2.00 bits per heavy atom. The first-order valence-corrected chi connectivity index (χ1v) is 8.47. The summed E-state index contributed by atoms with van der Waals surface area (Å²) in [5, 5.41) is 3.57. The molecule has 1 aromatic carbocycles. The minimum atomic E-state index is 0.723. The van der Waals surface area contributed by atoms with Gasteiger partial charge < -0.3 is 14.8 Å².